The summed E-state index contributed by atoms with van der Waals surface area (Å²) in [7, 11) is 0. The molecule has 1 aliphatic heterocycles. The lowest BCUT2D eigenvalue weighted by Gasteiger charge is -2.25. The van der Waals surface area contributed by atoms with Crippen LogP contribution in [0.1, 0.15) is 20.9 Å². The molecule has 0 fully saturated rings. The number of anilines is 2. The van der Waals surface area contributed by atoms with E-state index >= 15 is 0 Å². The number of carbonyl (C=O) groups excluding carboxylic acids is 1. The summed E-state index contributed by atoms with van der Waals surface area (Å²) < 4.78 is 0. The van der Waals surface area contributed by atoms with Crippen LogP contribution in [0.3, 0.4) is 0 Å². The number of nitrogens with zero attached hydrogens (tertiary/aromatic N) is 3. The molecule has 0 atom stereocenters. The average Bonchev–Trinajstić information content (AvgIpc) is 3.06. The molecule has 1 aliphatic rings. The van der Waals surface area contributed by atoms with Crippen molar-refractivity contribution in [3.8, 4) is 0 Å². The van der Waals surface area contributed by atoms with Crippen LogP contribution in [0.2, 0.25) is 0 Å². The Morgan fingerprint density at radius 2 is 2.04 bits per heavy atom. The first-order chi connectivity index (χ1) is 11.8. The number of rotatable bonds is 4. The van der Waals surface area contributed by atoms with Crippen molar-refractivity contribution in [1.29, 1.82) is 0 Å². The van der Waals surface area contributed by atoms with E-state index in [-0.39, 0.29) is 5.91 Å². The maximum atomic E-state index is 12.7. The van der Waals surface area contributed by atoms with E-state index in [0.29, 0.717) is 13.1 Å². The fourth-order valence-corrected chi connectivity index (χ4v) is 3.70. The van der Waals surface area contributed by atoms with E-state index in [1.807, 2.05) is 30.3 Å². The number of pyridine rings is 1. The van der Waals surface area contributed by atoms with Crippen LogP contribution in [0.5, 0.6) is 0 Å². The van der Waals surface area contributed by atoms with Crippen molar-refractivity contribution < 1.29 is 4.79 Å². The molecule has 0 saturated heterocycles. The van der Waals surface area contributed by atoms with E-state index in [9.17, 15) is 4.79 Å². The molecule has 0 spiro atoms. The number of fused-ring (bicyclic) bond motifs is 1. The van der Waals surface area contributed by atoms with Crippen LogP contribution >= 0.6 is 11.3 Å². The van der Waals surface area contributed by atoms with Crippen LogP contribution in [-0.4, -0.2) is 22.4 Å². The second-order valence-corrected chi connectivity index (χ2v) is 6.55. The standard InChI is InChI=1S/C18H16N4OS/c23-17-16-15(8-10-22(17)14-7-4-9-19-12-14)21-18(24-16)20-11-13-5-2-1-3-6-13/h1-7,9,12H,8,10-11H2,(H,20,21). The smallest absolute Gasteiger partial charge is 0.270 e. The molecule has 0 unspecified atom stereocenters. The summed E-state index contributed by atoms with van der Waals surface area (Å²) in [6.07, 6.45) is 4.19. The van der Waals surface area contributed by atoms with Gasteiger partial charge in [-0.05, 0) is 17.7 Å². The molecule has 0 radical (unpaired) electrons. The number of nitrogens with one attached hydrogen (secondary N) is 1. The largest absolute Gasteiger partial charge is 0.357 e. The van der Waals surface area contributed by atoms with Crippen LogP contribution in [0.25, 0.3) is 0 Å². The highest BCUT2D eigenvalue weighted by Gasteiger charge is 2.29. The van der Waals surface area contributed by atoms with E-state index in [0.717, 1.165) is 27.8 Å². The highest BCUT2D eigenvalue weighted by Crippen LogP contribution is 2.30. The van der Waals surface area contributed by atoms with Gasteiger partial charge in [-0.3, -0.25) is 9.78 Å². The lowest BCUT2D eigenvalue weighted by Crippen LogP contribution is -2.36. The number of benzene rings is 1. The predicted molar refractivity (Wildman–Crippen MR) is 95.5 cm³/mol. The lowest BCUT2D eigenvalue weighted by molar-refractivity contribution is 0.0984. The minimum absolute atomic E-state index is 0.00881. The maximum absolute atomic E-state index is 12.7. The summed E-state index contributed by atoms with van der Waals surface area (Å²) in [6.45, 7) is 1.34. The van der Waals surface area contributed by atoms with Crippen LogP contribution in [0, 0.1) is 0 Å². The lowest BCUT2D eigenvalue weighted by atomic mass is 10.1. The number of hydrogen-bond acceptors (Lipinski definition) is 5. The normalized spacial score (nSPS) is 13.7. The Kier molecular flexibility index (Phi) is 3.96. The van der Waals surface area contributed by atoms with Crippen LogP contribution in [0.4, 0.5) is 10.8 Å². The molecule has 6 heteroatoms. The van der Waals surface area contributed by atoms with Gasteiger partial charge in [-0.25, -0.2) is 4.98 Å². The molecule has 5 nitrogen and oxygen atoms in total. The van der Waals surface area contributed by atoms with E-state index in [1.165, 1.54) is 16.9 Å². The minimum Gasteiger partial charge on any atom is -0.357 e. The third-order valence-electron chi connectivity index (χ3n) is 3.95. The zero-order chi connectivity index (χ0) is 16.4. The molecule has 120 valence electrons. The fraction of sp³-hybridized carbons (Fsp3) is 0.167. The van der Waals surface area contributed by atoms with Gasteiger partial charge in [0.15, 0.2) is 5.13 Å². The highest BCUT2D eigenvalue weighted by atomic mass is 32.1. The van der Waals surface area contributed by atoms with Crippen LogP contribution < -0.4 is 10.2 Å². The quantitative estimate of drug-likeness (QED) is 0.794. The van der Waals surface area contributed by atoms with Crippen LogP contribution in [-0.2, 0) is 13.0 Å². The van der Waals surface area contributed by atoms with Gasteiger partial charge in [0.2, 0.25) is 0 Å². The van der Waals surface area contributed by atoms with Gasteiger partial charge in [0, 0.05) is 25.7 Å². The molecule has 1 aromatic carbocycles. The van der Waals surface area contributed by atoms with Gasteiger partial charge in [-0.15, -0.1) is 0 Å². The van der Waals surface area contributed by atoms with E-state index in [1.54, 1.807) is 17.3 Å². The molecule has 1 N–H and O–H groups in total. The molecule has 3 heterocycles. The second kappa shape index (κ2) is 6.41. The number of carbonyl (C=O) groups is 1. The highest BCUT2D eigenvalue weighted by molar-refractivity contribution is 7.17. The van der Waals surface area contributed by atoms with Gasteiger partial charge in [0.05, 0.1) is 17.6 Å². The molecule has 0 bridgehead atoms. The number of amides is 1. The van der Waals surface area contributed by atoms with E-state index in [4.69, 9.17) is 0 Å². The first kappa shape index (κ1) is 14.8. The van der Waals surface area contributed by atoms with Crippen molar-refractivity contribution in [2.45, 2.75) is 13.0 Å². The molecule has 3 aromatic rings. The van der Waals surface area contributed by atoms with Gasteiger partial charge in [0.25, 0.3) is 5.91 Å². The summed E-state index contributed by atoms with van der Waals surface area (Å²) in [5.41, 5.74) is 2.91. The predicted octanol–water partition coefficient (Wildman–Crippen LogP) is 3.35. The molecule has 2 aromatic heterocycles. The first-order valence-electron chi connectivity index (χ1n) is 7.80. The number of thiazole rings is 1. The van der Waals surface area contributed by atoms with Crippen molar-refractivity contribution in [3.05, 3.63) is 71.0 Å². The Balaban J connectivity index is 1.52. The van der Waals surface area contributed by atoms with Crippen LogP contribution in [0.15, 0.2) is 54.9 Å². The molecular formula is C18H16N4OS. The van der Waals surface area contributed by atoms with Gasteiger partial charge < -0.3 is 10.2 Å². The zero-order valence-electron chi connectivity index (χ0n) is 13.0. The Bertz CT molecular complexity index is 848. The summed E-state index contributed by atoms with van der Waals surface area (Å²) in [5, 5.41) is 4.11. The Morgan fingerprint density at radius 1 is 1.17 bits per heavy atom. The summed E-state index contributed by atoms with van der Waals surface area (Å²) >= 11 is 1.43. The summed E-state index contributed by atoms with van der Waals surface area (Å²) in [6, 6.07) is 13.9. The van der Waals surface area contributed by atoms with E-state index < -0.39 is 0 Å². The third kappa shape index (κ3) is 2.88. The van der Waals surface area contributed by atoms with Crippen molar-refractivity contribution in [2.24, 2.45) is 0 Å². The van der Waals surface area contributed by atoms with Gasteiger partial charge in [-0.2, -0.15) is 0 Å². The number of aromatic nitrogens is 2. The van der Waals surface area contributed by atoms with Crippen molar-refractivity contribution in [1.82, 2.24) is 9.97 Å². The molecular weight excluding hydrogens is 320 g/mol. The molecule has 24 heavy (non-hydrogen) atoms. The SMILES string of the molecule is O=C1c2sc(NCc3ccccc3)nc2CCN1c1cccnc1. The van der Waals surface area contributed by atoms with Gasteiger partial charge in [-0.1, -0.05) is 41.7 Å². The summed E-state index contributed by atoms with van der Waals surface area (Å²) in [4.78, 5) is 23.9. The molecule has 0 saturated carbocycles. The first-order valence-corrected chi connectivity index (χ1v) is 8.62. The average molecular weight is 336 g/mol. The monoisotopic (exact) mass is 336 g/mol. The molecule has 1 amide bonds. The topological polar surface area (TPSA) is 58.1 Å². The Morgan fingerprint density at radius 3 is 2.83 bits per heavy atom. The Hall–Kier alpha value is -2.73. The van der Waals surface area contributed by atoms with Crippen molar-refractivity contribution in [3.63, 3.8) is 0 Å². The second-order valence-electron chi connectivity index (χ2n) is 5.55. The van der Waals surface area contributed by atoms with E-state index in [2.05, 4.69) is 27.4 Å². The van der Waals surface area contributed by atoms with Gasteiger partial charge in [0.1, 0.15) is 4.88 Å². The van der Waals surface area contributed by atoms with Crippen molar-refractivity contribution >= 4 is 28.1 Å². The molecule has 4 rings (SSSR count). The fourth-order valence-electron chi connectivity index (χ4n) is 2.74. The third-order valence-corrected chi connectivity index (χ3v) is 5.00. The van der Waals surface area contributed by atoms with Gasteiger partial charge >= 0.3 is 0 Å². The number of hydrogen-bond donors (Lipinski definition) is 1. The maximum Gasteiger partial charge on any atom is 0.270 e. The van der Waals surface area contributed by atoms with Crippen molar-refractivity contribution in [2.75, 3.05) is 16.8 Å². The summed E-state index contributed by atoms with van der Waals surface area (Å²) in [5.74, 6) is 0.00881. The Labute approximate surface area is 144 Å². The minimum atomic E-state index is 0.00881. The molecule has 0 aliphatic carbocycles. The zero-order valence-corrected chi connectivity index (χ0v) is 13.8.